The van der Waals surface area contributed by atoms with Gasteiger partial charge in [0.2, 0.25) is 5.24 Å². The van der Waals surface area contributed by atoms with Gasteiger partial charge in [-0.3, -0.25) is 9.10 Å². The lowest BCUT2D eigenvalue weighted by Gasteiger charge is -2.28. The largest absolute Gasteiger partial charge is 0.279 e. The summed E-state index contributed by atoms with van der Waals surface area (Å²) in [5.41, 5.74) is 1.49. The Labute approximate surface area is 148 Å². The summed E-state index contributed by atoms with van der Waals surface area (Å²) in [7, 11) is -3.90. The van der Waals surface area contributed by atoms with Crippen molar-refractivity contribution in [2.75, 3.05) is 4.31 Å². The summed E-state index contributed by atoms with van der Waals surface area (Å²) in [6.07, 6.45) is 0. The molecule has 2 aromatic carbocycles. The molecule has 2 rings (SSSR count). The third-order valence-corrected chi connectivity index (χ3v) is 6.02. The van der Waals surface area contributed by atoms with E-state index in [2.05, 4.69) is 13.8 Å². The second kappa shape index (κ2) is 7.36. The molecule has 1 unspecified atom stereocenters. The third-order valence-electron chi connectivity index (χ3n) is 3.79. The fraction of sp³-hybridized carbons (Fsp3) is 0.278. The van der Waals surface area contributed by atoms with E-state index in [4.69, 9.17) is 11.6 Å². The smallest absolute Gasteiger partial charge is 0.265 e. The molecule has 0 aliphatic heterocycles. The average molecular weight is 366 g/mol. The number of sulfonamides is 1. The van der Waals surface area contributed by atoms with Crippen LogP contribution in [0.4, 0.5) is 5.69 Å². The summed E-state index contributed by atoms with van der Waals surface area (Å²) in [6.45, 7) is 5.59. The highest BCUT2D eigenvalue weighted by molar-refractivity contribution is 7.93. The Bertz CT molecular complexity index is 802. The van der Waals surface area contributed by atoms with Gasteiger partial charge in [0.05, 0.1) is 10.6 Å². The highest BCUT2D eigenvalue weighted by Crippen LogP contribution is 2.28. The van der Waals surface area contributed by atoms with Gasteiger partial charge in [-0.05, 0) is 54.3 Å². The Morgan fingerprint density at radius 3 is 1.96 bits per heavy atom. The maximum atomic E-state index is 13.0. The zero-order valence-electron chi connectivity index (χ0n) is 13.8. The van der Waals surface area contributed by atoms with Crippen LogP contribution in [0.1, 0.15) is 32.3 Å². The van der Waals surface area contributed by atoms with Gasteiger partial charge in [-0.15, -0.1) is 0 Å². The Morgan fingerprint density at radius 1 is 0.958 bits per heavy atom. The second-order valence-electron chi connectivity index (χ2n) is 5.84. The molecule has 128 valence electrons. The first-order valence-corrected chi connectivity index (χ1v) is 9.45. The van der Waals surface area contributed by atoms with Crippen molar-refractivity contribution in [2.24, 2.45) is 0 Å². The third kappa shape index (κ3) is 3.79. The first kappa shape index (κ1) is 18.5. The van der Waals surface area contributed by atoms with Crippen molar-refractivity contribution in [2.45, 2.75) is 37.6 Å². The molecule has 6 heteroatoms. The van der Waals surface area contributed by atoms with Crippen molar-refractivity contribution in [3.05, 3.63) is 60.2 Å². The van der Waals surface area contributed by atoms with Crippen LogP contribution in [-0.4, -0.2) is 19.7 Å². The van der Waals surface area contributed by atoms with E-state index in [0.29, 0.717) is 11.6 Å². The number of carbonyl (C=O) groups excluding carboxylic acids is 1. The van der Waals surface area contributed by atoms with Crippen LogP contribution >= 0.6 is 11.6 Å². The van der Waals surface area contributed by atoms with Crippen molar-refractivity contribution < 1.29 is 13.2 Å². The van der Waals surface area contributed by atoms with E-state index in [9.17, 15) is 13.2 Å². The van der Waals surface area contributed by atoms with Crippen LogP contribution < -0.4 is 4.31 Å². The van der Waals surface area contributed by atoms with Crippen molar-refractivity contribution >= 4 is 32.6 Å². The Hall–Kier alpha value is -1.85. The predicted molar refractivity (Wildman–Crippen MR) is 97.0 cm³/mol. The summed E-state index contributed by atoms with van der Waals surface area (Å²) in [6, 6.07) is 14.1. The average Bonchev–Trinajstić information content (AvgIpc) is 2.56. The highest BCUT2D eigenvalue weighted by atomic mass is 35.5. The van der Waals surface area contributed by atoms with Gasteiger partial charge < -0.3 is 0 Å². The Balaban J connectivity index is 2.55. The quantitative estimate of drug-likeness (QED) is 0.722. The minimum absolute atomic E-state index is 0.114. The van der Waals surface area contributed by atoms with E-state index < -0.39 is 21.3 Å². The van der Waals surface area contributed by atoms with Gasteiger partial charge in [0.15, 0.2) is 0 Å². The summed E-state index contributed by atoms with van der Waals surface area (Å²) in [5.74, 6) is 0.324. The summed E-state index contributed by atoms with van der Waals surface area (Å²) < 4.78 is 27.1. The molecule has 0 heterocycles. The van der Waals surface area contributed by atoms with E-state index in [0.717, 1.165) is 9.87 Å². The van der Waals surface area contributed by atoms with Crippen LogP contribution in [0.2, 0.25) is 0 Å². The second-order valence-corrected chi connectivity index (χ2v) is 8.03. The summed E-state index contributed by atoms with van der Waals surface area (Å²) >= 11 is 5.60. The zero-order valence-corrected chi connectivity index (χ0v) is 15.4. The number of hydrogen-bond acceptors (Lipinski definition) is 3. The lowest BCUT2D eigenvalue weighted by molar-refractivity contribution is -0.112. The van der Waals surface area contributed by atoms with E-state index in [1.54, 1.807) is 30.3 Å². The molecule has 0 saturated carbocycles. The lowest BCUT2D eigenvalue weighted by Crippen LogP contribution is -2.42. The van der Waals surface area contributed by atoms with Crippen LogP contribution in [-0.2, 0) is 14.8 Å². The molecule has 0 N–H and O–H groups in total. The monoisotopic (exact) mass is 365 g/mol. The minimum Gasteiger partial charge on any atom is -0.279 e. The molecule has 4 nitrogen and oxygen atoms in total. The van der Waals surface area contributed by atoms with Gasteiger partial charge in [-0.2, -0.15) is 0 Å². The molecular formula is C18H20ClNO3S. The maximum Gasteiger partial charge on any atom is 0.265 e. The molecule has 0 amide bonds. The van der Waals surface area contributed by atoms with Gasteiger partial charge in [0.25, 0.3) is 10.0 Å². The van der Waals surface area contributed by atoms with Gasteiger partial charge >= 0.3 is 0 Å². The standard InChI is InChI=1S/C18H20ClNO3S/c1-13(2)15-9-11-16(12-10-15)20(14(3)18(19)21)24(22,23)17-7-5-4-6-8-17/h4-14H,1-3H3. The van der Waals surface area contributed by atoms with Crippen LogP contribution in [0.3, 0.4) is 0 Å². The topological polar surface area (TPSA) is 54.5 Å². The Morgan fingerprint density at radius 2 is 1.50 bits per heavy atom. The molecule has 0 fully saturated rings. The molecular weight excluding hydrogens is 346 g/mol. The molecule has 0 aliphatic rings. The maximum absolute atomic E-state index is 13.0. The number of benzene rings is 2. The van der Waals surface area contributed by atoms with Gasteiger partial charge in [-0.1, -0.05) is 44.2 Å². The van der Waals surface area contributed by atoms with E-state index >= 15 is 0 Å². The number of nitrogens with zero attached hydrogens (tertiary/aromatic N) is 1. The van der Waals surface area contributed by atoms with E-state index in [1.165, 1.54) is 19.1 Å². The minimum atomic E-state index is -3.90. The van der Waals surface area contributed by atoms with Crippen LogP contribution in [0.15, 0.2) is 59.5 Å². The fourth-order valence-corrected chi connectivity index (χ4v) is 4.17. The zero-order chi connectivity index (χ0) is 17.9. The number of carbonyl (C=O) groups is 1. The van der Waals surface area contributed by atoms with E-state index in [-0.39, 0.29) is 4.90 Å². The van der Waals surface area contributed by atoms with Crippen molar-refractivity contribution in [3.8, 4) is 0 Å². The molecule has 0 bridgehead atoms. The van der Waals surface area contributed by atoms with Gasteiger partial charge in [-0.25, -0.2) is 8.42 Å². The molecule has 0 aliphatic carbocycles. The fourth-order valence-electron chi connectivity index (χ4n) is 2.37. The van der Waals surface area contributed by atoms with Gasteiger partial charge in [0, 0.05) is 0 Å². The number of rotatable bonds is 6. The molecule has 0 aromatic heterocycles. The predicted octanol–water partition coefficient (Wildman–Crippen LogP) is 4.16. The normalized spacial score (nSPS) is 12.9. The summed E-state index contributed by atoms with van der Waals surface area (Å²) in [4.78, 5) is 11.8. The molecule has 2 aromatic rings. The van der Waals surface area contributed by atoms with Crippen molar-refractivity contribution in [1.82, 2.24) is 0 Å². The van der Waals surface area contributed by atoms with Crippen LogP contribution in [0.25, 0.3) is 0 Å². The number of hydrogen-bond donors (Lipinski definition) is 0. The van der Waals surface area contributed by atoms with Gasteiger partial charge in [0.1, 0.15) is 6.04 Å². The number of anilines is 1. The van der Waals surface area contributed by atoms with Crippen LogP contribution in [0, 0.1) is 0 Å². The Kier molecular flexibility index (Phi) is 5.67. The lowest BCUT2D eigenvalue weighted by atomic mass is 10.0. The molecule has 0 spiro atoms. The van der Waals surface area contributed by atoms with Crippen molar-refractivity contribution in [3.63, 3.8) is 0 Å². The molecule has 0 radical (unpaired) electrons. The molecule has 0 saturated heterocycles. The molecule has 24 heavy (non-hydrogen) atoms. The first-order valence-electron chi connectivity index (χ1n) is 7.64. The summed E-state index contributed by atoms with van der Waals surface area (Å²) in [5, 5.41) is -0.734. The van der Waals surface area contributed by atoms with Crippen molar-refractivity contribution in [1.29, 1.82) is 0 Å². The highest BCUT2D eigenvalue weighted by Gasteiger charge is 2.32. The van der Waals surface area contributed by atoms with E-state index in [1.807, 2.05) is 12.1 Å². The first-order chi connectivity index (χ1) is 11.2. The SMILES string of the molecule is CC(C)c1ccc(N(C(C)C(=O)Cl)S(=O)(=O)c2ccccc2)cc1. The number of halogens is 1. The molecule has 1 atom stereocenters. The van der Waals surface area contributed by atoms with Crippen LogP contribution in [0.5, 0.6) is 0 Å².